The third kappa shape index (κ3) is 5.70. The molecule has 0 aromatic heterocycles. The first-order valence-electron chi connectivity index (χ1n) is 2.93. The van der Waals surface area contributed by atoms with Crippen molar-refractivity contribution >= 4 is 0 Å². The van der Waals surface area contributed by atoms with Gasteiger partial charge in [0.05, 0.1) is 6.61 Å². The van der Waals surface area contributed by atoms with Crippen LogP contribution in [0.2, 0.25) is 0 Å². The van der Waals surface area contributed by atoms with Crippen LogP contribution in [0.15, 0.2) is 12.2 Å². The monoisotopic (exact) mass is 113 g/mol. The van der Waals surface area contributed by atoms with Crippen LogP contribution in [0.25, 0.3) is 0 Å². The molecule has 0 heterocycles. The Labute approximate surface area is 51.4 Å². The summed E-state index contributed by atoms with van der Waals surface area (Å²) >= 11 is 0. The highest BCUT2D eigenvalue weighted by Gasteiger charge is 1.72. The summed E-state index contributed by atoms with van der Waals surface area (Å²) in [5.41, 5.74) is 0. The molecule has 0 atom stereocenters. The molecule has 0 saturated carbocycles. The molecule has 0 aliphatic rings. The van der Waals surface area contributed by atoms with Gasteiger partial charge in [0.1, 0.15) is 0 Å². The van der Waals surface area contributed by atoms with E-state index in [1.165, 1.54) is 0 Å². The van der Waals surface area contributed by atoms with E-state index in [0.717, 1.165) is 19.6 Å². The molecule has 0 aromatic rings. The third-order valence-electron chi connectivity index (χ3n) is 0.752. The molecular formula is C7H13O. The van der Waals surface area contributed by atoms with E-state index >= 15 is 0 Å². The van der Waals surface area contributed by atoms with Crippen LogP contribution >= 0.6 is 0 Å². The number of ether oxygens (including phenoxy) is 1. The molecule has 0 unspecified atom stereocenters. The van der Waals surface area contributed by atoms with Crippen molar-refractivity contribution in [1.29, 1.82) is 0 Å². The van der Waals surface area contributed by atoms with Crippen LogP contribution in [0, 0.1) is 6.92 Å². The average Bonchev–Trinajstić information content (AvgIpc) is 1.81. The lowest BCUT2D eigenvalue weighted by Gasteiger charge is -1.90. The molecule has 0 spiro atoms. The Balaban J connectivity index is 2.80. The van der Waals surface area contributed by atoms with Gasteiger partial charge in [-0.15, -0.1) is 0 Å². The second kappa shape index (κ2) is 6.70. The molecule has 0 aromatic carbocycles. The lowest BCUT2D eigenvalue weighted by atomic mass is 10.4. The Morgan fingerprint density at radius 1 is 1.50 bits per heavy atom. The summed E-state index contributed by atoms with van der Waals surface area (Å²) in [6, 6.07) is 0. The van der Waals surface area contributed by atoms with Crippen LogP contribution in [0.4, 0.5) is 0 Å². The zero-order valence-electron chi connectivity index (χ0n) is 5.39. The highest BCUT2D eigenvalue weighted by atomic mass is 16.5. The zero-order valence-corrected chi connectivity index (χ0v) is 5.39. The van der Waals surface area contributed by atoms with Crippen molar-refractivity contribution in [3.05, 3.63) is 19.1 Å². The van der Waals surface area contributed by atoms with Gasteiger partial charge in [-0.05, 0) is 20.3 Å². The van der Waals surface area contributed by atoms with E-state index in [1.807, 2.05) is 19.1 Å². The minimum Gasteiger partial charge on any atom is -0.378 e. The van der Waals surface area contributed by atoms with Crippen molar-refractivity contribution in [1.82, 2.24) is 0 Å². The van der Waals surface area contributed by atoms with Gasteiger partial charge in [-0.25, -0.2) is 0 Å². The number of hydrogen-bond donors (Lipinski definition) is 0. The summed E-state index contributed by atoms with van der Waals surface area (Å²) in [5, 5.41) is 0. The maximum absolute atomic E-state index is 5.02. The molecule has 1 radical (unpaired) electrons. The van der Waals surface area contributed by atoms with Crippen LogP contribution < -0.4 is 0 Å². The van der Waals surface area contributed by atoms with Crippen molar-refractivity contribution in [3.63, 3.8) is 0 Å². The van der Waals surface area contributed by atoms with Gasteiger partial charge in [0.25, 0.3) is 0 Å². The average molecular weight is 113 g/mol. The Hall–Kier alpha value is -0.300. The van der Waals surface area contributed by atoms with E-state index < -0.39 is 0 Å². The van der Waals surface area contributed by atoms with E-state index in [1.54, 1.807) is 0 Å². The lowest BCUT2D eigenvalue weighted by Crippen LogP contribution is -1.87. The fourth-order valence-electron chi connectivity index (χ4n) is 0.372. The molecule has 0 bridgehead atoms. The molecule has 1 heteroatoms. The molecule has 1 nitrogen and oxygen atoms in total. The first-order chi connectivity index (χ1) is 3.91. The molecule has 0 saturated heterocycles. The maximum Gasteiger partial charge on any atom is 0.0647 e. The predicted molar refractivity (Wildman–Crippen MR) is 35.6 cm³/mol. The fraction of sp³-hybridized carbons (Fsp3) is 0.571. The predicted octanol–water partition coefficient (Wildman–Crippen LogP) is 1.80. The normalized spacial score (nSPS) is 10.8. The summed E-state index contributed by atoms with van der Waals surface area (Å²) in [6.45, 7) is 7.15. The van der Waals surface area contributed by atoms with Crippen LogP contribution in [0.5, 0.6) is 0 Å². The van der Waals surface area contributed by atoms with E-state index in [2.05, 4.69) is 6.92 Å². The minimum atomic E-state index is 0.728. The molecule has 0 aliphatic heterocycles. The van der Waals surface area contributed by atoms with Gasteiger partial charge in [-0.3, -0.25) is 0 Å². The van der Waals surface area contributed by atoms with Gasteiger partial charge < -0.3 is 4.74 Å². The summed E-state index contributed by atoms with van der Waals surface area (Å²) in [5.74, 6) is 0. The second-order valence-electron chi connectivity index (χ2n) is 1.42. The molecule has 47 valence electrons. The topological polar surface area (TPSA) is 9.23 Å². The van der Waals surface area contributed by atoms with Crippen LogP contribution in [-0.2, 0) is 4.74 Å². The Morgan fingerprint density at radius 2 is 2.25 bits per heavy atom. The smallest absolute Gasteiger partial charge is 0.0647 e. The van der Waals surface area contributed by atoms with Gasteiger partial charge in [0.15, 0.2) is 0 Å². The van der Waals surface area contributed by atoms with E-state index in [0.29, 0.717) is 0 Å². The highest BCUT2D eigenvalue weighted by molar-refractivity contribution is 4.81. The molecule has 0 aliphatic carbocycles. The van der Waals surface area contributed by atoms with E-state index in [9.17, 15) is 0 Å². The Morgan fingerprint density at radius 3 is 2.75 bits per heavy atom. The van der Waals surface area contributed by atoms with E-state index in [4.69, 9.17) is 4.74 Å². The second-order valence-corrected chi connectivity index (χ2v) is 1.42. The third-order valence-corrected chi connectivity index (χ3v) is 0.752. The Bertz CT molecular complexity index is 57.4. The first kappa shape index (κ1) is 7.70. The lowest BCUT2D eigenvalue weighted by molar-refractivity contribution is 0.177. The van der Waals surface area contributed by atoms with Crippen LogP contribution in [-0.4, -0.2) is 13.2 Å². The molecule has 0 N–H and O–H groups in total. The molecule has 0 fully saturated rings. The summed E-state index contributed by atoms with van der Waals surface area (Å²) < 4.78 is 5.02. The quantitative estimate of drug-likeness (QED) is 0.399. The summed E-state index contributed by atoms with van der Waals surface area (Å²) in [6.07, 6.45) is 4.83. The molecular weight excluding hydrogens is 100 g/mol. The van der Waals surface area contributed by atoms with Crippen molar-refractivity contribution in [3.8, 4) is 0 Å². The van der Waals surface area contributed by atoms with Gasteiger partial charge in [0.2, 0.25) is 0 Å². The number of rotatable bonds is 4. The molecule has 0 amide bonds. The molecule has 0 rings (SSSR count). The molecule has 8 heavy (non-hydrogen) atoms. The largest absolute Gasteiger partial charge is 0.378 e. The summed E-state index contributed by atoms with van der Waals surface area (Å²) in [7, 11) is 0. The Kier molecular flexibility index (Phi) is 6.45. The highest BCUT2D eigenvalue weighted by Crippen LogP contribution is 1.79. The SMILES string of the molecule is [CH2]C/C=C/COCC. The number of hydrogen-bond acceptors (Lipinski definition) is 1. The van der Waals surface area contributed by atoms with Crippen molar-refractivity contribution in [2.24, 2.45) is 0 Å². The first-order valence-corrected chi connectivity index (χ1v) is 2.93. The van der Waals surface area contributed by atoms with Gasteiger partial charge >= 0.3 is 0 Å². The van der Waals surface area contributed by atoms with Gasteiger partial charge in [-0.2, -0.15) is 0 Å². The minimum absolute atomic E-state index is 0.728. The fourth-order valence-corrected chi connectivity index (χ4v) is 0.372. The summed E-state index contributed by atoms with van der Waals surface area (Å²) in [4.78, 5) is 0. The van der Waals surface area contributed by atoms with Crippen LogP contribution in [0.1, 0.15) is 13.3 Å². The standard InChI is InChI=1S/C7H13O/c1-3-5-6-7-8-4-2/h5-6H,1,3-4,7H2,2H3/b6-5+. The van der Waals surface area contributed by atoms with E-state index in [-0.39, 0.29) is 0 Å². The van der Waals surface area contributed by atoms with Crippen molar-refractivity contribution < 1.29 is 4.74 Å². The van der Waals surface area contributed by atoms with Crippen molar-refractivity contribution in [2.75, 3.05) is 13.2 Å². The maximum atomic E-state index is 5.02. The van der Waals surface area contributed by atoms with Crippen LogP contribution in [0.3, 0.4) is 0 Å². The number of allylic oxidation sites excluding steroid dienone is 1. The van der Waals surface area contributed by atoms with Gasteiger partial charge in [0, 0.05) is 6.61 Å². The van der Waals surface area contributed by atoms with Gasteiger partial charge in [-0.1, -0.05) is 12.2 Å². The zero-order chi connectivity index (χ0) is 6.24. The van der Waals surface area contributed by atoms with Crippen molar-refractivity contribution in [2.45, 2.75) is 13.3 Å².